The molecule has 5 aromatic heterocycles. The Hall–Kier alpha value is -3.75. The topological polar surface area (TPSA) is 101 Å². The van der Waals surface area contributed by atoms with Gasteiger partial charge in [-0.1, -0.05) is 0 Å². The van der Waals surface area contributed by atoms with Gasteiger partial charge < -0.3 is 8.83 Å². The Morgan fingerprint density at radius 1 is 0.846 bits per heavy atom. The van der Waals surface area contributed by atoms with Gasteiger partial charge in [0, 0.05) is 30.9 Å². The summed E-state index contributed by atoms with van der Waals surface area (Å²) in [5.74, 6) is 2.89. The monoisotopic (exact) mass is 347 g/mol. The molecule has 0 radical (unpaired) electrons. The summed E-state index contributed by atoms with van der Waals surface area (Å²) in [4.78, 5) is 22.3. The maximum absolute atomic E-state index is 5.52. The van der Waals surface area contributed by atoms with Gasteiger partial charge in [-0.3, -0.25) is 9.13 Å². The number of imidazole rings is 2. The van der Waals surface area contributed by atoms with Crippen LogP contribution in [0.1, 0.15) is 11.6 Å². The Bertz CT molecular complexity index is 1170. The summed E-state index contributed by atoms with van der Waals surface area (Å²) >= 11 is 0. The molecule has 9 nitrogen and oxygen atoms in total. The number of furan rings is 2. The second-order valence-electron chi connectivity index (χ2n) is 5.71. The molecular formula is C17H13N7O2. The van der Waals surface area contributed by atoms with Crippen LogP contribution in [0, 0.1) is 13.8 Å². The molecule has 0 aromatic carbocycles. The van der Waals surface area contributed by atoms with E-state index < -0.39 is 0 Å². The fourth-order valence-electron chi connectivity index (χ4n) is 2.79. The lowest BCUT2D eigenvalue weighted by molar-refractivity contribution is 0.609. The van der Waals surface area contributed by atoms with E-state index in [-0.39, 0.29) is 0 Å². The van der Waals surface area contributed by atoms with E-state index in [0.29, 0.717) is 34.5 Å². The molecule has 0 atom stereocenters. The smallest absolute Gasteiger partial charge is 0.240 e. The van der Waals surface area contributed by atoms with Gasteiger partial charge in [0.1, 0.15) is 23.5 Å². The standard InChI is InChI=1S/C17H13N7O2/c1-10-18-4-6-23(10)16-20-15(12-9-26-13-3-8-25-14(12)13)21-17(22-16)24-7-5-19-11(24)2/h3-9H,1-2H3. The van der Waals surface area contributed by atoms with Crippen LogP contribution in [0.15, 0.2) is 52.2 Å². The molecule has 0 N–H and O–H groups in total. The first-order chi connectivity index (χ1) is 12.7. The summed E-state index contributed by atoms with van der Waals surface area (Å²) in [5.41, 5.74) is 1.89. The summed E-state index contributed by atoms with van der Waals surface area (Å²) in [5, 5.41) is 0. The van der Waals surface area contributed by atoms with Crippen molar-refractivity contribution in [3.63, 3.8) is 0 Å². The van der Waals surface area contributed by atoms with Crippen LogP contribution in [0.5, 0.6) is 0 Å². The van der Waals surface area contributed by atoms with Crippen LogP contribution in [-0.4, -0.2) is 34.1 Å². The lowest BCUT2D eigenvalue weighted by Crippen LogP contribution is -2.11. The molecule has 5 rings (SSSR count). The fourth-order valence-corrected chi connectivity index (χ4v) is 2.79. The van der Waals surface area contributed by atoms with Crippen LogP contribution in [0.25, 0.3) is 34.5 Å². The highest BCUT2D eigenvalue weighted by Crippen LogP contribution is 2.29. The molecule has 9 heteroatoms. The molecule has 0 fully saturated rings. The minimum atomic E-state index is 0.444. The van der Waals surface area contributed by atoms with E-state index in [1.807, 2.05) is 13.8 Å². The number of hydrogen-bond acceptors (Lipinski definition) is 7. The average Bonchev–Trinajstić information content (AvgIpc) is 3.38. The zero-order valence-corrected chi connectivity index (χ0v) is 14.0. The third kappa shape index (κ3) is 2.14. The molecule has 0 aliphatic rings. The number of nitrogens with zero attached hydrogens (tertiary/aromatic N) is 7. The molecule has 0 unspecified atom stereocenters. The minimum absolute atomic E-state index is 0.444. The molecule has 5 aromatic rings. The van der Waals surface area contributed by atoms with Gasteiger partial charge in [0.05, 0.1) is 6.26 Å². The highest BCUT2D eigenvalue weighted by Gasteiger charge is 2.18. The number of aryl methyl sites for hydroxylation is 2. The molecule has 0 aliphatic heterocycles. The quantitative estimate of drug-likeness (QED) is 0.494. The molecule has 0 spiro atoms. The predicted octanol–water partition coefficient (Wildman–Crippen LogP) is 2.87. The molecule has 128 valence electrons. The van der Waals surface area contributed by atoms with Crippen LogP contribution < -0.4 is 0 Å². The molecule has 0 saturated carbocycles. The van der Waals surface area contributed by atoms with Gasteiger partial charge >= 0.3 is 0 Å². The Balaban J connectivity index is 1.78. The predicted molar refractivity (Wildman–Crippen MR) is 91.0 cm³/mol. The van der Waals surface area contributed by atoms with Crippen LogP contribution in [0.4, 0.5) is 0 Å². The van der Waals surface area contributed by atoms with Crippen LogP contribution in [-0.2, 0) is 0 Å². The third-order valence-electron chi connectivity index (χ3n) is 4.11. The molecule has 0 bridgehead atoms. The van der Waals surface area contributed by atoms with Crippen LogP contribution in [0.2, 0.25) is 0 Å². The molecule has 0 saturated heterocycles. The minimum Gasteiger partial charge on any atom is -0.460 e. The van der Waals surface area contributed by atoms with Gasteiger partial charge in [0.25, 0.3) is 0 Å². The van der Waals surface area contributed by atoms with Crippen molar-refractivity contribution in [3.8, 4) is 23.3 Å². The fraction of sp³-hybridized carbons (Fsp3) is 0.118. The third-order valence-corrected chi connectivity index (χ3v) is 4.11. The maximum atomic E-state index is 5.52. The normalized spacial score (nSPS) is 11.5. The molecule has 26 heavy (non-hydrogen) atoms. The van der Waals surface area contributed by atoms with Crippen molar-refractivity contribution in [2.24, 2.45) is 0 Å². The number of hydrogen-bond donors (Lipinski definition) is 0. The van der Waals surface area contributed by atoms with E-state index in [4.69, 9.17) is 8.83 Å². The Labute approximate surface area is 147 Å². The van der Waals surface area contributed by atoms with E-state index in [0.717, 1.165) is 11.6 Å². The summed E-state index contributed by atoms with van der Waals surface area (Å²) in [6.07, 6.45) is 10.2. The van der Waals surface area contributed by atoms with Crippen molar-refractivity contribution < 1.29 is 8.83 Å². The van der Waals surface area contributed by atoms with Gasteiger partial charge in [0.2, 0.25) is 11.9 Å². The first-order valence-corrected chi connectivity index (χ1v) is 7.92. The van der Waals surface area contributed by atoms with E-state index >= 15 is 0 Å². The van der Waals surface area contributed by atoms with Crippen molar-refractivity contribution >= 4 is 11.2 Å². The molecule has 0 aliphatic carbocycles. The lowest BCUT2D eigenvalue weighted by Gasteiger charge is -2.09. The zero-order chi connectivity index (χ0) is 17.7. The highest BCUT2D eigenvalue weighted by atomic mass is 16.4. The van der Waals surface area contributed by atoms with Gasteiger partial charge in [-0.2, -0.15) is 15.0 Å². The van der Waals surface area contributed by atoms with Crippen LogP contribution >= 0.6 is 0 Å². The second kappa shape index (κ2) is 5.38. The number of rotatable bonds is 3. The first-order valence-electron chi connectivity index (χ1n) is 7.92. The second-order valence-corrected chi connectivity index (χ2v) is 5.71. The van der Waals surface area contributed by atoms with Crippen molar-refractivity contribution in [1.29, 1.82) is 0 Å². The van der Waals surface area contributed by atoms with Crippen molar-refractivity contribution in [2.75, 3.05) is 0 Å². The maximum Gasteiger partial charge on any atom is 0.240 e. The van der Waals surface area contributed by atoms with Gasteiger partial charge in [0.15, 0.2) is 17.0 Å². The van der Waals surface area contributed by atoms with E-state index in [9.17, 15) is 0 Å². The largest absolute Gasteiger partial charge is 0.460 e. The van der Waals surface area contributed by atoms with Gasteiger partial charge in [-0.25, -0.2) is 9.97 Å². The average molecular weight is 347 g/mol. The van der Waals surface area contributed by atoms with Crippen molar-refractivity contribution in [3.05, 3.63) is 55.0 Å². The molecule has 5 heterocycles. The summed E-state index contributed by atoms with van der Waals surface area (Å²) in [6.45, 7) is 3.77. The Morgan fingerprint density at radius 3 is 2.08 bits per heavy atom. The first kappa shape index (κ1) is 14.6. The van der Waals surface area contributed by atoms with E-state index in [1.54, 1.807) is 52.5 Å². The summed E-state index contributed by atoms with van der Waals surface area (Å²) in [7, 11) is 0. The Kier molecular flexibility index (Phi) is 3.02. The summed E-state index contributed by atoms with van der Waals surface area (Å²) < 4.78 is 14.6. The number of fused-ring (bicyclic) bond motifs is 1. The van der Waals surface area contributed by atoms with Crippen molar-refractivity contribution in [1.82, 2.24) is 34.1 Å². The summed E-state index contributed by atoms with van der Waals surface area (Å²) in [6, 6.07) is 1.75. The van der Waals surface area contributed by atoms with Gasteiger partial charge in [-0.05, 0) is 13.8 Å². The SMILES string of the molecule is Cc1nccn1-c1nc(-c2coc3ccoc23)nc(-n2ccnc2C)n1. The molecule has 0 amide bonds. The molecular weight excluding hydrogens is 334 g/mol. The van der Waals surface area contributed by atoms with Gasteiger partial charge in [-0.15, -0.1) is 0 Å². The van der Waals surface area contributed by atoms with Crippen LogP contribution in [0.3, 0.4) is 0 Å². The zero-order valence-electron chi connectivity index (χ0n) is 14.0. The highest BCUT2D eigenvalue weighted by molar-refractivity contribution is 5.87. The van der Waals surface area contributed by atoms with Crippen molar-refractivity contribution in [2.45, 2.75) is 13.8 Å². The lowest BCUT2D eigenvalue weighted by atomic mass is 10.3. The Morgan fingerprint density at radius 2 is 1.50 bits per heavy atom. The van der Waals surface area contributed by atoms with E-state index in [1.165, 1.54) is 0 Å². The number of aromatic nitrogens is 7. The van der Waals surface area contributed by atoms with E-state index in [2.05, 4.69) is 24.9 Å².